The van der Waals surface area contributed by atoms with Crippen LogP contribution in [0, 0.1) is 0 Å². The van der Waals surface area contributed by atoms with Gasteiger partial charge in [-0.3, -0.25) is 0 Å². The Hall–Kier alpha value is -1.48. The highest BCUT2D eigenvalue weighted by molar-refractivity contribution is 6.33. The zero-order valence-corrected chi connectivity index (χ0v) is 11.4. The van der Waals surface area contributed by atoms with Crippen LogP contribution < -0.4 is 4.90 Å². The van der Waals surface area contributed by atoms with Crippen LogP contribution in [-0.2, 0) is 4.79 Å². The Morgan fingerprint density at radius 3 is 2.78 bits per heavy atom. The fourth-order valence-electron chi connectivity index (χ4n) is 1.62. The normalized spacial score (nSPS) is 10.8. The molecule has 0 aliphatic rings. The first-order chi connectivity index (χ1) is 8.54. The molecule has 4 heteroatoms. The van der Waals surface area contributed by atoms with Gasteiger partial charge >= 0.3 is 5.97 Å². The lowest BCUT2D eigenvalue weighted by atomic mass is 10.1. The summed E-state index contributed by atoms with van der Waals surface area (Å²) in [5.74, 6) is -0.963. The molecule has 0 saturated carbocycles. The van der Waals surface area contributed by atoms with E-state index < -0.39 is 5.97 Å². The third kappa shape index (κ3) is 4.41. The molecule has 1 N–H and O–H groups in total. The third-order valence-corrected chi connectivity index (χ3v) is 2.95. The van der Waals surface area contributed by atoms with Crippen LogP contribution in [-0.4, -0.2) is 24.7 Å². The van der Waals surface area contributed by atoms with E-state index in [-0.39, 0.29) is 0 Å². The van der Waals surface area contributed by atoms with Gasteiger partial charge in [-0.15, -0.1) is 0 Å². The topological polar surface area (TPSA) is 40.5 Å². The van der Waals surface area contributed by atoms with Gasteiger partial charge in [0, 0.05) is 19.7 Å². The second-order valence-electron chi connectivity index (χ2n) is 4.16. The molecule has 18 heavy (non-hydrogen) atoms. The Morgan fingerprint density at radius 2 is 2.22 bits per heavy atom. The van der Waals surface area contributed by atoms with Crippen molar-refractivity contribution in [3.63, 3.8) is 0 Å². The smallest absolute Gasteiger partial charge is 0.328 e. The van der Waals surface area contributed by atoms with Gasteiger partial charge in [-0.1, -0.05) is 31.0 Å². The van der Waals surface area contributed by atoms with Crippen LogP contribution in [0.5, 0.6) is 0 Å². The lowest BCUT2D eigenvalue weighted by molar-refractivity contribution is -0.131. The van der Waals surface area contributed by atoms with Gasteiger partial charge in [-0.05, 0) is 30.2 Å². The summed E-state index contributed by atoms with van der Waals surface area (Å²) in [4.78, 5) is 12.5. The van der Waals surface area contributed by atoms with Crippen molar-refractivity contribution < 1.29 is 9.90 Å². The monoisotopic (exact) mass is 267 g/mol. The molecule has 0 radical (unpaired) electrons. The van der Waals surface area contributed by atoms with Crippen LogP contribution in [0.15, 0.2) is 24.3 Å². The third-order valence-electron chi connectivity index (χ3n) is 2.65. The standard InChI is InChI=1S/C14H18ClNO2/c1-3-4-9-16(2)13-7-5-11(10-12(13)15)6-8-14(17)18/h5-8,10H,3-4,9H2,1-2H3,(H,17,18)/b8-6+. The molecule has 0 saturated heterocycles. The average molecular weight is 268 g/mol. The number of carboxylic acid groups (broad SMARTS) is 1. The Labute approximate surface area is 113 Å². The summed E-state index contributed by atoms with van der Waals surface area (Å²) in [6, 6.07) is 5.56. The fraction of sp³-hybridized carbons (Fsp3) is 0.357. The lowest BCUT2D eigenvalue weighted by Gasteiger charge is -2.20. The summed E-state index contributed by atoms with van der Waals surface area (Å²) >= 11 is 6.20. The van der Waals surface area contributed by atoms with E-state index in [1.54, 1.807) is 6.07 Å². The highest BCUT2D eigenvalue weighted by Gasteiger charge is 2.05. The number of unbranched alkanes of at least 4 members (excludes halogenated alkanes) is 1. The van der Waals surface area contributed by atoms with Crippen molar-refractivity contribution in [3.8, 4) is 0 Å². The number of halogens is 1. The van der Waals surface area contributed by atoms with Crippen molar-refractivity contribution in [2.45, 2.75) is 19.8 Å². The van der Waals surface area contributed by atoms with Crippen LogP contribution in [0.4, 0.5) is 5.69 Å². The number of rotatable bonds is 6. The lowest BCUT2D eigenvalue weighted by Crippen LogP contribution is -2.18. The number of benzene rings is 1. The van der Waals surface area contributed by atoms with Crippen molar-refractivity contribution in [1.82, 2.24) is 0 Å². The molecule has 1 aromatic rings. The van der Waals surface area contributed by atoms with Gasteiger partial charge in [0.25, 0.3) is 0 Å². The summed E-state index contributed by atoms with van der Waals surface area (Å²) in [7, 11) is 2.00. The van der Waals surface area contributed by atoms with E-state index in [1.165, 1.54) is 6.08 Å². The second-order valence-corrected chi connectivity index (χ2v) is 4.56. The molecule has 3 nitrogen and oxygen atoms in total. The van der Waals surface area contributed by atoms with Crippen LogP contribution in [0.2, 0.25) is 5.02 Å². The van der Waals surface area contributed by atoms with E-state index in [0.29, 0.717) is 5.02 Å². The number of aliphatic carboxylic acids is 1. The summed E-state index contributed by atoms with van der Waals surface area (Å²) in [6.45, 7) is 3.11. The first-order valence-electron chi connectivity index (χ1n) is 5.96. The molecule has 0 atom stereocenters. The van der Waals surface area contributed by atoms with Gasteiger partial charge < -0.3 is 10.0 Å². The molecule has 1 aromatic carbocycles. The minimum Gasteiger partial charge on any atom is -0.478 e. The number of hydrogen-bond acceptors (Lipinski definition) is 2. The number of hydrogen-bond donors (Lipinski definition) is 1. The van der Waals surface area contributed by atoms with Crippen LogP contribution in [0.1, 0.15) is 25.3 Å². The Kier molecular flexibility index (Phi) is 5.72. The maximum absolute atomic E-state index is 10.4. The Morgan fingerprint density at radius 1 is 1.50 bits per heavy atom. The molecule has 0 aromatic heterocycles. The quantitative estimate of drug-likeness (QED) is 0.800. The number of anilines is 1. The predicted molar refractivity (Wildman–Crippen MR) is 76.3 cm³/mol. The summed E-state index contributed by atoms with van der Waals surface area (Å²) in [5, 5.41) is 9.20. The van der Waals surface area contributed by atoms with Gasteiger partial charge in [0.2, 0.25) is 0 Å². The van der Waals surface area contributed by atoms with E-state index in [2.05, 4.69) is 11.8 Å². The first kappa shape index (κ1) is 14.6. The molecule has 0 unspecified atom stereocenters. The minimum atomic E-state index is -0.963. The number of carboxylic acids is 1. The first-order valence-corrected chi connectivity index (χ1v) is 6.34. The maximum Gasteiger partial charge on any atom is 0.328 e. The van der Waals surface area contributed by atoms with Crippen LogP contribution >= 0.6 is 11.6 Å². The van der Waals surface area contributed by atoms with Crippen molar-refractivity contribution in [2.75, 3.05) is 18.5 Å². The van der Waals surface area contributed by atoms with Gasteiger partial charge in [-0.2, -0.15) is 0 Å². The van der Waals surface area contributed by atoms with Crippen molar-refractivity contribution in [2.24, 2.45) is 0 Å². The zero-order valence-electron chi connectivity index (χ0n) is 10.7. The SMILES string of the molecule is CCCCN(C)c1ccc(/C=C/C(=O)O)cc1Cl. The Balaban J connectivity index is 2.82. The second kappa shape index (κ2) is 7.07. The highest BCUT2D eigenvalue weighted by Crippen LogP contribution is 2.26. The van der Waals surface area contributed by atoms with Gasteiger partial charge in [-0.25, -0.2) is 4.79 Å². The van der Waals surface area contributed by atoms with Crippen molar-refractivity contribution in [3.05, 3.63) is 34.9 Å². The molecular formula is C14H18ClNO2. The van der Waals surface area contributed by atoms with E-state index in [1.807, 2.05) is 19.2 Å². The number of nitrogens with zero attached hydrogens (tertiary/aromatic N) is 1. The minimum absolute atomic E-state index is 0.640. The largest absolute Gasteiger partial charge is 0.478 e. The fourth-order valence-corrected chi connectivity index (χ4v) is 1.95. The molecule has 0 fully saturated rings. The average Bonchev–Trinajstić information content (AvgIpc) is 2.33. The molecule has 0 amide bonds. The van der Waals surface area contributed by atoms with Gasteiger partial charge in [0.1, 0.15) is 0 Å². The maximum atomic E-state index is 10.4. The summed E-state index contributed by atoms with van der Waals surface area (Å²) < 4.78 is 0. The molecule has 0 spiro atoms. The van der Waals surface area contributed by atoms with E-state index in [4.69, 9.17) is 16.7 Å². The van der Waals surface area contributed by atoms with E-state index >= 15 is 0 Å². The molecule has 0 aliphatic heterocycles. The molecule has 1 rings (SSSR count). The molecule has 0 heterocycles. The zero-order chi connectivity index (χ0) is 13.5. The molecule has 0 bridgehead atoms. The van der Waals surface area contributed by atoms with Gasteiger partial charge in [0.15, 0.2) is 0 Å². The summed E-state index contributed by atoms with van der Waals surface area (Å²) in [5.41, 5.74) is 1.76. The van der Waals surface area contributed by atoms with E-state index in [9.17, 15) is 4.79 Å². The molecular weight excluding hydrogens is 250 g/mol. The molecule has 98 valence electrons. The predicted octanol–water partition coefficient (Wildman–Crippen LogP) is 3.67. The van der Waals surface area contributed by atoms with Crippen molar-refractivity contribution in [1.29, 1.82) is 0 Å². The highest BCUT2D eigenvalue weighted by atomic mass is 35.5. The van der Waals surface area contributed by atoms with Crippen LogP contribution in [0.3, 0.4) is 0 Å². The molecule has 0 aliphatic carbocycles. The summed E-state index contributed by atoms with van der Waals surface area (Å²) in [6.07, 6.45) is 4.89. The Bertz CT molecular complexity index is 443. The van der Waals surface area contributed by atoms with Gasteiger partial charge in [0.05, 0.1) is 10.7 Å². The van der Waals surface area contributed by atoms with Crippen LogP contribution in [0.25, 0.3) is 6.08 Å². The van der Waals surface area contributed by atoms with E-state index in [0.717, 1.165) is 36.7 Å². The van der Waals surface area contributed by atoms with Crippen molar-refractivity contribution >= 4 is 29.3 Å². The number of carbonyl (C=O) groups is 1.